The predicted molar refractivity (Wildman–Crippen MR) is 148 cm³/mol. The second-order valence-corrected chi connectivity index (χ2v) is 15.1. The van der Waals surface area contributed by atoms with Crippen LogP contribution < -0.4 is 0 Å². The molecular weight excluding hydrogens is 476 g/mol. The normalized spacial score (nSPS) is 49.4. The molecule has 0 aromatic rings. The van der Waals surface area contributed by atoms with Crippen LogP contribution in [-0.2, 0) is 19.1 Å². The minimum Gasteiger partial charge on any atom is -0.469 e. The van der Waals surface area contributed by atoms with Crippen LogP contribution in [-0.4, -0.2) is 35.9 Å². The largest absolute Gasteiger partial charge is 0.469 e. The van der Waals surface area contributed by atoms with Gasteiger partial charge >= 0.3 is 11.9 Å². The summed E-state index contributed by atoms with van der Waals surface area (Å²) in [6.07, 6.45) is 10.5. The molecule has 0 heterocycles. The summed E-state index contributed by atoms with van der Waals surface area (Å²) in [7, 11) is 1.49. The average Bonchev–Trinajstić information content (AvgIpc) is 2.83. The van der Waals surface area contributed by atoms with Crippen LogP contribution in [0, 0.1) is 44.8 Å². The first-order chi connectivity index (χ1) is 17.5. The van der Waals surface area contributed by atoms with Gasteiger partial charge in [-0.25, -0.2) is 0 Å². The van der Waals surface area contributed by atoms with E-state index >= 15 is 0 Å². The molecule has 4 saturated carbocycles. The number of fused-ring (bicyclic) bond motifs is 7. The van der Waals surface area contributed by atoms with Crippen LogP contribution in [0.15, 0.2) is 23.8 Å². The van der Waals surface area contributed by atoms with Crippen molar-refractivity contribution in [1.82, 2.24) is 0 Å². The Kier molecular flexibility index (Phi) is 6.20. The van der Waals surface area contributed by atoms with Crippen molar-refractivity contribution in [3.05, 3.63) is 23.8 Å². The number of ether oxygens (including phenoxy) is 2. The molecule has 0 unspecified atom stereocenters. The van der Waals surface area contributed by atoms with Crippen molar-refractivity contribution in [2.24, 2.45) is 44.8 Å². The van der Waals surface area contributed by atoms with Gasteiger partial charge in [0.1, 0.15) is 6.10 Å². The molecule has 0 radical (unpaired) electrons. The lowest BCUT2D eigenvalue weighted by molar-refractivity contribution is -0.216. The van der Waals surface area contributed by atoms with Crippen LogP contribution >= 0.6 is 0 Å². The van der Waals surface area contributed by atoms with Crippen molar-refractivity contribution in [2.75, 3.05) is 7.11 Å². The molecular formula is C33H50O5. The molecule has 0 spiro atoms. The first-order valence-corrected chi connectivity index (χ1v) is 14.9. The minimum atomic E-state index is -1.14. The maximum absolute atomic E-state index is 13.5. The van der Waals surface area contributed by atoms with E-state index in [9.17, 15) is 14.7 Å². The third-order valence-corrected chi connectivity index (χ3v) is 13.4. The maximum atomic E-state index is 13.5. The molecule has 5 rings (SSSR count). The lowest BCUT2D eigenvalue weighted by atomic mass is 9.33. The third-order valence-electron chi connectivity index (χ3n) is 13.4. The minimum absolute atomic E-state index is 0.0357. The molecule has 5 aliphatic carbocycles. The summed E-state index contributed by atoms with van der Waals surface area (Å²) < 4.78 is 11.3. The van der Waals surface area contributed by atoms with E-state index in [1.807, 2.05) is 6.92 Å². The zero-order valence-corrected chi connectivity index (χ0v) is 25.0. The van der Waals surface area contributed by atoms with Gasteiger partial charge in [-0.3, -0.25) is 9.59 Å². The highest BCUT2D eigenvalue weighted by molar-refractivity contribution is 5.79. The van der Waals surface area contributed by atoms with Crippen molar-refractivity contribution < 1.29 is 24.2 Å². The number of hydrogen-bond acceptors (Lipinski definition) is 5. The topological polar surface area (TPSA) is 72.8 Å². The van der Waals surface area contributed by atoms with Crippen LogP contribution in [0.1, 0.15) is 106 Å². The molecule has 0 saturated heterocycles. The first kappa shape index (κ1) is 27.9. The SMILES string of the molecule is C=C1CC[C@]2(C(=O)OC)CC[C@]3(C)C(=CC[C@@H]4[C@@]5(C)CC[C@@H](OC(C)=O)C(C)(C)[C@@H]5CC[C@]43C)[C@@H]2[C@]1(C)O. The number of carbonyl (C=O) groups excluding carboxylic acids is 2. The van der Waals surface area contributed by atoms with E-state index in [-0.39, 0.29) is 45.6 Å². The Balaban J connectivity index is 1.60. The standard InChI is InChI=1S/C33H50O5/c1-20-12-17-33(27(35)37-9)19-18-30(6)22(26(33)32(20,8)36)10-11-24-29(5)15-14-25(38-21(2)34)28(3,4)23(29)13-16-31(24,30)7/h10,23-26,36H,1,11-19H2,2-9H3/t23-,24+,25+,26+,29-,30+,31+,32+,33-/m0/s1. The number of hydrogen-bond donors (Lipinski definition) is 1. The van der Waals surface area contributed by atoms with Crippen molar-refractivity contribution in [3.63, 3.8) is 0 Å². The Morgan fingerprint density at radius 3 is 2.29 bits per heavy atom. The van der Waals surface area contributed by atoms with E-state index in [0.29, 0.717) is 24.7 Å². The van der Waals surface area contributed by atoms with Gasteiger partial charge < -0.3 is 14.6 Å². The lowest BCUT2D eigenvalue weighted by Gasteiger charge is -2.71. The molecule has 5 nitrogen and oxygen atoms in total. The van der Waals surface area contributed by atoms with Gasteiger partial charge in [-0.05, 0) is 98.4 Å². The fourth-order valence-electron chi connectivity index (χ4n) is 11.2. The number of rotatable bonds is 2. The van der Waals surface area contributed by atoms with E-state index in [1.54, 1.807) is 0 Å². The number of esters is 2. The fourth-order valence-corrected chi connectivity index (χ4v) is 11.2. The first-order valence-electron chi connectivity index (χ1n) is 14.9. The Morgan fingerprint density at radius 2 is 1.66 bits per heavy atom. The molecule has 0 bridgehead atoms. The summed E-state index contributed by atoms with van der Waals surface area (Å²) >= 11 is 0. The van der Waals surface area contributed by atoms with E-state index in [4.69, 9.17) is 9.47 Å². The highest BCUT2D eigenvalue weighted by atomic mass is 16.5. The van der Waals surface area contributed by atoms with Gasteiger partial charge in [0.2, 0.25) is 0 Å². The summed E-state index contributed by atoms with van der Waals surface area (Å²) in [6.45, 7) is 19.8. The van der Waals surface area contributed by atoms with Gasteiger partial charge in [-0.1, -0.05) is 52.8 Å². The van der Waals surface area contributed by atoms with E-state index in [1.165, 1.54) is 19.6 Å². The van der Waals surface area contributed by atoms with Crippen molar-refractivity contribution in [1.29, 1.82) is 0 Å². The molecule has 0 aromatic carbocycles. The number of allylic oxidation sites excluding steroid dienone is 1. The monoisotopic (exact) mass is 526 g/mol. The second kappa shape index (κ2) is 8.44. The van der Waals surface area contributed by atoms with Crippen LogP contribution in [0.25, 0.3) is 0 Å². The van der Waals surface area contributed by atoms with Gasteiger partial charge in [0.05, 0.1) is 18.1 Å². The molecule has 5 aliphatic rings. The molecule has 9 atom stereocenters. The average molecular weight is 527 g/mol. The molecule has 212 valence electrons. The second-order valence-electron chi connectivity index (χ2n) is 15.1. The smallest absolute Gasteiger partial charge is 0.312 e. The highest BCUT2D eigenvalue weighted by Gasteiger charge is 2.71. The Morgan fingerprint density at radius 1 is 0.974 bits per heavy atom. The predicted octanol–water partition coefficient (Wildman–Crippen LogP) is 6.78. The maximum Gasteiger partial charge on any atom is 0.312 e. The number of carbonyl (C=O) groups is 2. The van der Waals surface area contributed by atoms with Gasteiger partial charge in [-0.15, -0.1) is 0 Å². The highest BCUT2D eigenvalue weighted by Crippen LogP contribution is 2.76. The van der Waals surface area contributed by atoms with Gasteiger partial charge in [-0.2, -0.15) is 0 Å². The Labute approximate surface area is 229 Å². The summed E-state index contributed by atoms with van der Waals surface area (Å²) in [4.78, 5) is 25.4. The molecule has 0 amide bonds. The zero-order chi connectivity index (χ0) is 28.1. The quantitative estimate of drug-likeness (QED) is 0.317. The summed E-state index contributed by atoms with van der Waals surface area (Å²) in [5, 5.41) is 12.0. The van der Waals surface area contributed by atoms with E-state index < -0.39 is 11.0 Å². The zero-order valence-electron chi connectivity index (χ0n) is 25.0. The molecule has 4 fully saturated rings. The van der Waals surface area contributed by atoms with E-state index in [2.05, 4.69) is 47.3 Å². The van der Waals surface area contributed by atoms with Crippen LogP contribution in [0.3, 0.4) is 0 Å². The summed E-state index contributed by atoms with van der Waals surface area (Å²) in [6, 6.07) is 0. The van der Waals surface area contributed by atoms with Crippen molar-refractivity contribution >= 4 is 11.9 Å². The summed E-state index contributed by atoms with van der Waals surface area (Å²) in [5.74, 6) is 0.304. The van der Waals surface area contributed by atoms with Crippen LogP contribution in [0.4, 0.5) is 0 Å². The van der Waals surface area contributed by atoms with Gasteiger partial charge in [0.25, 0.3) is 0 Å². The van der Waals surface area contributed by atoms with Gasteiger partial charge in [0, 0.05) is 18.3 Å². The Bertz CT molecular complexity index is 1080. The molecule has 5 heteroatoms. The summed E-state index contributed by atoms with van der Waals surface area (Å²) in [5.41, 5.74) is 0.243. The van der Waals surface area contributed by atoms with Crippen molar-refractivity contribution in [2.45, 2.75) is 118 Å². The van der Waals surface area contributed by atoms with Crippen LogP contribution in [0.2, 0.25) is 0 Å². The van der Waals surface area contributed by atoms with Crippen LogP contribution in [0.5, 0.6) is 0 Å². The fraction of sp³-hybridized carbons (Fsp3) is 0.818. The lowest BCUT2D eigenvalue weighted by Crippen LogP contribution is -2.67. The molecule has 38 heavy (non-hydrogen) atoms. The molecule has 0 aliphatic heterocycles. The Hall–Kier alpha value is -1.62. The molecule has 1 N–H and O–H groups in total. The molecule has 0 aromatic heterocycles. The third kappa shape index (κ3) is 3.32. The van der Waals surface area contributed by atoms with Gasteiger partial charge in [0.15, 0.2) is 0 Å². The number of methoxy groups -OCH3 is 1. The van der Waals surface area contributed by atoms with Crippen molar-refractivity contribution in [3.8, 4) is 0 Å². The number of aliphatic hydroxyl groups is 1. The van der Waals surface area contributed by atoms with E-state index in [0.717, 1.165) is 50.5 Å².